The van der Waals surface area contributed by atoms with Crippen LogP contribution in [0.4, 0.5) is 15.1 Å². The molecule has 0 aliphatic heterocycles. The molecule has 0 bridgehead atoms. The smallest absolute Gasteiger partial charge is 0.450 e. The largest absolute Gasteiger partial charge is 0.481 e. The Morgan fingerprint density at radius 3 is 2.86 bits per heavy atom. The van der Waals surface area contributed by atoms with Crippen LogP contribution in [0.1, 0.15) is 0 Å². The number of fused-ring (bicyclic) bond motifs is 1. The maximum Gasteiger partial charge on any atom is 0.450 e. The minimum atomic E-state index is -1.22. The van der Waals surface area contributed by atoms with Crippen molar-refractivity contribution in [2.45, 2.75) is 0 Å². The van der Waals surface area contributed by atoms with E-state index in [-0.39, 0.29) is 5.82 Å². The van der Waals surface area contributed by atoms with Gasteiger partial charge in [0.2, 0.25) is 5.88 Å². The molecular formula is C14H11FN4O3. The Morgan fingerprint density at radius 2 is 2.18 bits per heavy atom. The molecule has 0 fully saturated rings. The van der Waals surface area contributed by atoms with Crippen molar-refractivity contribution in [3.63, 3.8) is 0 Å². The van der Waals surface area contributed by atoms with Gasteiger partial charge in [-0.2, -0.15) is 0 Å². The summed E-state index contributed by atoms with van der Waals surface area (Å²) in [5, 5.41) is 2.16. The number of ether oxygens (including phenoxy) is 1. The predicted octanol–water partition coefficient (Wildman–Crippen LogP) is 2.84. The third-order valence-corrected chi connectivity index (χ3v) is 3.04. The lowest BCUT2D eigenvalue weighted by Crippen LogP contribution is -2.09. The van der Waals surface area contributed by atoms with Crippen LogP contribution in [0.3, 0.4) is 0 Å². The van der Waals surface area contributed by atoms with Crippen molar-refractivity contribution in [2.75, 3.05) is 12.4 Å². The van der Waals surface area contributed by atoms with E-state index in [0.29, 0.717) is 11.5 Å². The summed E-state index contributed by atoms with van der Waals surface area (Å²) in [5.41, 5.74) is 2.37. The van der Waals surface area contributed by atoms with E-state index >= 15 is 0 Å². The number of aromatic nitrogens is 3. The van der Waals surface area contributed by atoms with Crippen LogP contribution in [0.15, 0.2) is 42.9 Å². The number of halogens is 1. The molecule has 0 aromatic carbocycles. The van der Waals surface area contributed by atoms with Crippen molar-refractivity contribution in [1.29, 1.82) is 0 Å². The number of methoxy groups -OCH3 is 1. The first-order valence-electron chi connectivity index (χ1n) is 6.28. The molecule has 22 heavy (non-hydrogen) atoms. The molecule has 1 N–H and O–H groups in total. The van der Waals surface area contributed by atoms with Crippen molar-refractivity contribution < 1.29 is 19.0 Å². The molecule has 0 atom stereocenters. The van der Waals surface area contributed by atoms with E-state index in [9.17, 15) is 9.32 Å². The highest BCUT2D eigenvalue weighted by atomic mass is 19.3. The van der Waals surface area contributed by atoms with Gasteiger partial charge in [-0.1, -0.05) is 0 Å². The number of imidazole rings is 1. The number of pyridine rings is 2. The van der Waals surface area contributed by atoms with E-state index in [2.05, 4.69) is 20.2 Å². The van der Waals surface area contributed by atoms with Gasteiger partial charge in [0.15, 0.2) is 5.82 Å². The van der Waals surface area contributed by atoms with Gasteiger partial charge in [0.25, 0.3) is 0 Å². The Balaban J connectivity index is 1.93. The van der Waals surface area contributed by atoms with Crippen LogP contribution in [0.5, 0.6) is 5.88 Å². The van der Waals surface area contributed by atoms with Crippen LogP contribution in [-0.4, -0.2) is 27.6 Å². The maximum atomic E-state index is 11.7. The average molecular weight is 302 g/mol. The third-order valence-electron chi connectivity index (χ3n) is 3.04. The van der Waals surface area contributed by atoms with Crippen molar-refractivity contribution in [1.82, 2.24) is 14.4 Å². The Bertz CT molecular complexity index is 817. The van der Waals surface area contributed by atoms with Gasteiger partial charge in [-0.25, -0.2) is 19.7 Å². The highest BCUT2D eigenvalue weighted by molar-refractivity contribution is 5.83. The summed E-state index contributed by atoms with van der Waals surface area (Å²) in [4.78, 5) is 22.2. The second-order valence-electron chi connectivity index (χ2n) is 4.39. The van der Waals surface area contributed by atoms with Crippen LogP contribution in [0.2, 0.25) is 0 Å². The van der Waals surface area contributed by atoms with E-state index in [1.165, 1.54) is 0 Å². The van der Waals surface area contributed by atoms with Crippen LogP contribution in [0, 0.1) is 0 Å². The molecule has 0 aliphatic rings. The zero-order valence-electron chi connectivity index (χ0n) is 11.5. The number of nitrogens with zero attached hydrogens (tertiary/aromatic N) is 3. The zero-order valence-corrected chi connectivity index (χ0v) is 11.5. The summed E-state index contributed by atoms with van der Waals surface area (Å²) in [5.74, 6) is 0.717. The topological polar surface area (TPSA) is 77.8 Å². The number of rotatable bonds is 3. The molecular weight excluding hydrogens is 291 g/mol. The second-order valence-corrected chi connectivity index (χ2v) is 4.39. The van der Waals surface area contributed by atoms with Gasteiger partial charge in [0.1, 0.15) is 5.65 Å². The molecule has 112 valence electrons. The molecule has 1 amide bonds. The lowest BCUT2D eigenvalue weighted by Gasteiger charge is -2.03. The van der Waals surface area contributed by atoms with Gasteiger partial charge in [-0.3, -0.25) is 5.32 Å². The zero-order chi connectivity index (χ0) is 15.5. The van der Waals surface area contributed by atoms with Gasteiger partial charge >= 0.3 is 6.09 Å². The van der Waals surface area contributed by atoms with E-state index in [1.807, 2.05) is 18.2 Å². The fourth-order valence-electron chi connectivity index (χ4n) is 2.02. The number of hydrogen-bond acceptors (Lipinski definition) is 5. The lowest BCUT2D eigenvalue weighted by molar-refractivity contribution is -0.0544. The fourth-order valence-corrected chi connectivity index (χ4v) is 2.02. The van der Waals surface area contributed by atoms with E-state index in [1.54, 1.807) is 36.2 Å². The summed E-state index contributed by atoms with van der Waals surface area (Å²) in [6.45, 7) is 0. The van der Waals surface area contributed by atoms with Gasteiger partial charge in [0, 0.05) is 28.5 Å². The van der Waals surface area contributed by atoms with Crippen LogP contribution >= 0.6 is 0 Å². The van der Waals surface area contributed by atoms with Gasteiger partial charge < -0.3 is 9.14 Å². The molecule has 0 radical (unpaired) electrons. The normalized spacial score (nSPS) is 10.5. The predicted molar refractivity (Wildman–Crippen MR) is 76.2 cm³/mol. The fraction of sp³-hybridized carbons (Fsp3) is 0.0714. The number of carbonyl (C=O) groups is 1. The Hall–Kier alpha value is -3.16. The van der Waals surface area contributed by atoms with Crippen LogP contribution in [0.25, 0.3) is 16.8 Å². The highest BCUT2D eigenvalue weighted by Gasteiger charge is 2.08. The summed E-state index contributed by atoms with van der Waals surface area (Å²) in [6.07, 6.45) is 3.78. The number of hydrogen-bond donors (Lipinski definition) is 1. The van der Waals surface area contributed by atoms with Gasteiger partial charge in [0.05, 0.1) is 13.3 Å². The minimum Gasteiger partial charge on any atom is -0.481 e. The monoisotopic (exact) mass is 302 g/mol. The van der Waals surface area contributed by atoms with Gasteiger partial charge in [-0.05, 0) is 23.8 Å². The Kier molecular flexibility index (Phi) is 3.57. The molecule has 0 spiro atoms. The summed E-state index contributed by atoms with van der Waals surface area (Å²) >= 11 is 0. The summed E-state index contributed by atoms with van der Waals surface area (Å²) in [6, 6.07) is 7.32. The van der Waals surface area contributed by atoms with E-state index < -0.39 is 6.09 Å². The Morgan fingerprint density at radius 1 is 1.32 bits per heavy atom. The minimum absolute atomic E-state index is 0.188. The van der Waals surface area contributed by atoms with Crippen LogP contribution in [-0.2, 0) is 4.94 Å². The maximum absolute atomic E-state index is 11.7. The number of carbonyl (C=O) groups excluding carboxylic acids is 1. The van der Waals surface area contributed by atoms with Crippen molar-refractivity contribution in [2.24, 2.45) is 0 Å². The molecule has 3 aromatic heterocycles. The highest BCUT2D eigenvalue weighted by Crippen LogP contribution is 2.22. The van der Waals surface area contributed by atoms with E-state index in [0.717, 1.165) is 11.1 Å². The average Bonchev–Trinajstić information content (AvgIpc) is 2.96. The molecule has 3 aromatic rings. The molecule has 8 heteroatoms. The quantitative estimate of drug-likeness (QED) is 0.805. The molecule has 0 unspecified atom stereocenters. The standard InChI is InChI=1S/C14H11FN4O3/c1-21-13-3-2-10(7-16-13)9-4-5-19-8-11(17-12(19)6-9)18-14(20)22-15/h2-8H,1H3,(H,18,20). The first kappa shape index (κ1) is 13.8. The van der Waals surface area contributed by atoms with E-state index in [4.69, 9.17) is 4.74 Å². The molecule has 3 rings (SSSR count). The first-order chi connectivity index (χ1) is 10.7. The molecule has 0 saturated heterocycles. The number of amides is 1. The van der Waals surface area contributed by atoms with Crippen LogP contribution < -0.4 is 10.1 Å². The summed E-state index contributed by atoms with van der Waals surface area (Å²) in [7, 11) is 1.55. The Labute approximate surface area is 124 Å². The molecule has 0 saturated carbocycles. The number of nitrogens with one attached hydrogen (secondary N) is 1. The van der Waals surface area contributed by atoms with Crippen molar-refractivity contribution >= 4 is 17.6 Å². The second kappa shape index (κ2) is 5.68. The third kappa shape index (κ3) is 2.66. The first-order valence-corrected chi connectivity index (χ1v) is 6.28. The summed E-state index contributed by atoms with van der Waals surface area (Å²) < 4.78 is 18.4. The van der Waals surface area contributed by atoms with Crippen molar-refractivity contribution in [3.8, 4) is 17.0 Å². The molecule has 7 nitrogen and oxygen atoms in total. The molecule has 3 heterocycles. The van der Waals surface area contributed by atoms with Crippen molar-refractivity contribution in [3.05, 3.63) is 42.9 Å². The van der Waals surface area contributed by atoms with Gasteiger partial charge in [-0.15, -0.1) is 0 Å². The SMILES string of the molecule is COc1ccc(-c2ccn3cc(NC(=O)OF)nc3c2)cn1. The molecule has 0 aliphatic carbocycles. The lowest BCUT2D eigenvalue weighted by atomic mass is 10.1. The number of anilines is 1.